The summed E-state index contributed by atoms with van der Waals surface area (Å²) < 4.78 is 0. The fourth-order valence-electron chi connectivity index (χ4n) is 2.24. The van der Waals surface area contributed by atoms with Crippen LogP contribution in [-0.4, -0.2) is 6.04 Å². The van der Waals surface area contributed by atoms with Gasteiger partial charge in [-0.1, -0.05) is 36.4 Å². The highest BCUT2D eigenvalue weighted by Gasteiger charge is 2.06. The molecule has 1 unspecified atom stereocenters. The second-order valence-corrected chi connectivity index (χ2v) is 5.23. The van der Waals surface area contributed by atoms with Crippen LogP contribution >= 0.6 is 0 Å². The SMILES string of the molecule is Cc1ccc(NC(C)CCc2ccccc2)c(C#N)c1. The summed E-state index contributed by atoms with van der Waals surface area (Å²) in [6, 6.07) is 19.0. The largest absolute Gasteiger partial charge is 0.382 e. The molecule has 0 aromatic heterocycles. The van der Waals surface area contributed by atoms with E-state index in [4.69, 9.17) is 0 Å². The highest BCUT2D eigenvalue weighted by atomic mass is 14.9. The minimum atomic E-state index is 0.338. The summed E-state index contributed by atoms with van der Waals surface area (Å²) in [7, 11) is 0. The molecule has 2 aromatic carbocycles. The molecule has 0 aliphatic rings. The maximum atomic E-state index is 9.17. The van der Waals surface area contributed by atoms with Crippen molar-refractivity contribution in [3.63, 3.8) is 0 Å². The first-order valence-electron chi connectivity index (χ1n) is 7.00. The van der Waals surface area contributed by atoms with Gasteiger partial charge in [0.15, 0.2) is 0 Å². The predicted octanol–water partition coefficient (Wildman–Crippen LogP) is 4.30. The van der Waals surface area contributed by atoms with Crippen molar-refractivity contribution in [1.82, 2.24) is 0 Å². The summed E-state index contributed by atoms with van der Waals surface area (Å²) in [6.07, 6.45) is 2.09. The molecular formula is C18H20N2. The molecule has 20 heavy (non-hydrogen) atoms. The quantitative estimate of drug-likeness (QED) is 0.874. The van der Waals surface area contributed by atoms with Crippen molar-refractivity contribution in [3.8, 4) is 6.07 Å². The first-order valence-corrected chi connectivity index (χ1v) is 7.00. The second kappa shape index (κ2) is 6.77. The molecular weight excluding hydrogens is 244 g/mol. The summed E-state index contributed by atoms with van der Waals surface area (Å²) in [6.45, 7) is 4.16. The van der Waals surface area contributed by atoms with Crippen LogP contribution in [0.15, 0.2) is 48.5 Å². The van der Waals surface area contributed by atoms with Crippen LogP contribution < -0.4 is 5.32 Å². The van der Waals surface area contributed by atoms with Gasteiger partial charge in [-0.05, 0) is 49.9 Å². The van der Waals surface area contributed by atoms with Gasteiger partial charge >= 0.3 is 0 Å². The Hall–Kier alpha value is -2.27. The fourth-order valence-corrected chi connectivity index (χ4v) is 2.24. The molecule has 1 N–H and O–H groups in total. The molecule has 0 amide bonds. The monoisotopic (exact) mass is 264 g/mol. The van der Waals surface area contributed by atoms with Crippen LogP contribution in [0, 0.1) is 18.3 Å². The van der Waals surface area contributed by atoms with Gasteiger partial charge in [0.1, 0.15) is 6.07 Å². The summed E-state index contributed by atoms with van der Waals surface area (Å²) in [5.41, 5.74) is 4.12. The van der Waals surface area contributed by atoms with Crippen molar-refractivity contribution in [2.75, 3.05) is 5.32 Å². The smallest absolute Gasteiger partial charge is 0.101 e. The maximum Gasteiger partial charge on any atom is 0.101 e. The minimum absolute atomic E-state index is 0.338. The lowest BCUT2D eigenvalue weighted by Gasteiger charge is -2.16. The Morgan fingerprint density at radius 3 is 2.60 bits per heavy atom. The Kier molecular flexibility index (Phi) is 4.79. The molecule has 0 saturated carbocycles. The number of anilines is 1. The molecule has 0 aliphatic heterocycles. The van der Waals surface area contributed by atoms with Gasteiger partial charge in [0.2, 0.25) is 0 Å². The van der Waals surface area contributed by atoms with E-state index in [-0.39, 0.29) is 0 Å². The number of aryl methyl sites for hydroxylation is 2. The number of nitrogens with zero attached hydrogens (tertiary/aromatic N) is 1. The first kappa shape index (κ1) is 14.1. The van der Waals surface area contributed by atoms with Crippen LogP contribution in [0.3, 0.4) is 0 Å². The number of benzene rings is 2. The van der Waals surface area contributed by atoms with E-state index in [2.05, 4.69) is 42.6 Å². The second-order valence-electron chi connectivity index (χ2n) is 5.23. The van der Waals surface area contributed by atoms with Crippen LogP contribution in [0.1, 0.15) is 30.0 Å². The summed E-state index contributed by atoms with van der Waals surface area (Å²) in [5.74, 6) is 0. The molecule has 1 atom stereocenters. The van der Waals surface area contributed by atoms with Crippen molar-refractivity contribution >= 4 is 5.69 Å². The third kappa shape index (κ3) is 3.86. The van der Waals surface area contributed by atoms with Gasteiger partial charge in [0.25, 0.3) is 0 Å². The van der Waals surface area contributed by atoms with Gasteiger partial charge in [-0.25, -0.2) is 0 Å². The Bertz CT molecular complexity index is 597. The summed E-state index contributed by atoms with van der Waals surface area (Å²) >= 11 is 0. The zero-order chi connectivity index (χ0) is 14.4. The van der Waals surface area contributed by atoms with Crippen molar-refractivity contribution in [2.24, 2.45) is 0 Å². The zero-order valence-electron chi connectivity index (χ0n) is 12.1. The van der Waals surface area contributed by atoms with Gasteiger partial charge in [-0.2, -0.15) is 5.26 Å². The average molecular weight is 264 g/mol. The Labute approximate surface area is 121 Å². The number of nitrogens with one attached hydrogen (secondary N) is 1. The van der Waals surface area contributed by atoms with E-state index in [0.717, 1.165) is 29.7 Å². The lowest BCUT2D eigenvalue weighted by atomic mass is 10.0. The zero-order valence-corrected chi connectivity index (χ0v) is 12.1. The van der Waals surface area contributed by atoms with Crippen molar-refractivity contribution in [3.05, 3.63) is 65.2 Å². The highest BCUT2D eigenvalue weighted by Crippen LogP contribution is 2.18. The number of nitriles is 1. The molecule has 0 fully saturated rings. The maximum absolute atomic E-state index is 9.17. The van der Waals surface area contributed by atoms with Crippen molar-refractivity contribution in [2.45, 2.75) is 32.7 Å². The lowest BCUT2D eigenvalue weighted by Crippen LogP contribution is -2.16. The Balaban J connectivity index is 1.95. The van der Waals surface area contributed by atoms with Gasteiger partial charge in [0, 0.05) is 6.04 Å². The topological polar surface area (TPSA) is 35.8 Å². The van der Waals surface area contributed by atoms with Crippen LogP contribution in [0.2, 0.25) is 0 Å². The van der Waals surface area contributed by atoms with Crippen LogP contribution in [-0.2, 0) is 6.42 Å². The summed E-state index contributed by atoms with van der Waals surface area (Å²) in [5, 5.41) is 12.6. The lowest BCUT2D eigenvalue weighted by molar-refractivity contribution is 0.706. The van der Waals surface area contributed by atoms with Crippen molar-refractivity contribution < 1.29 is 0 Å². The first-order chi connectivity index (χ1) is 9.69. The standard InChI is InChI=1S/C18H20N2/c1-14-8-11-18(17(12-14)13-19)20-15(2)9-10-16-6-4-3-5-7-16/h3-8,11-12,15,20H,9-10H2,1-2H3. The van der Waals surface area contributed by atoms with Crippen LogP contribution in [0.5, 0.6) is 0 Å². The number of rotatable bonds is 5. The van der Waals surface area contributed by atoms with E-state index in [1.54, 1.807) is 0 Å². The van der Waals surface area contributed by atoms with E-state index in [1.165, 1.54) is 5.56 Å². The van der Waals surface area contributed by atoms with Crippen LogP contribution in [0.25, 0.3) is 0 Å². The fraction of sp³-hybridized carbons (Fsp3) is 0.278. The average Bonchev–Trinajstić information content (AvgIpc) is 2.48. The van der Waals surface area contributed by atoms with E-state index in [0.29, 0.717) is 6.04 Å². The molecule has 102 valence electrons. The molecule has 2 rings (SSSR count). The van der Waals surface area contributed by atoms with E-state index in [1.807, 2.05) is 31.2 Å². The van der Waals surface area contributed by atoms with E-state index < -0.39 is 0 Å². The molecule has 2 nitrogen and oxygen atoms in total. The van der Waals surface area contributed by atoms with E-state index >= 15 is 0 Å². The normalized spacial score (nSPS) is 11.7. The minimum Gasteiger partial charge on any atom is -0.382 e. The van der Waals surface area contributed by atoms with Gasteiger partial charge in [0.05, 0.1) is 11.3 Å². The van der Waals surface area contributed by atoms with Gasteiger partial charge in [-0.15, -0.1) is 0 Å². The Morgan fingerprint density at radius 2 is 1.90 bits per heavy atom. The predicted molar refractivity (Wildman–Crippen MR) is 83.7 cm³/mol. The molecule has 2 aromatic rings. The van der Waals surface area contributed by atoms with Gasteiger partial charge in [-0.3, -0.25) is 0 Å². The highest BCUT2D eigenvalue weighted by molar-refractivity contribution is 5.58. The number of hydrogen-bond acceptors (Lipinski definition) is 2. The molecule has 0 saturated heterocycles. The molecule has 0 spiro atoms. The van der Waals surface area contributed by atoms with Crippen LogP contribution in [0.4, 0.5) is 5.69 Å². The summed E-state index contributed by atoms with van der Waals surface area (Å²) in [4.78, 5) is 0. The Morgan fingerprint density at radius 1 is 1.15 bits per heavy atom. The third-order valence-corrected chi connectivity index (χ3v) is 3.41. The van der Waals surface area contributed by atoms with Gasteiger partial charge < -0.3 is 5.32 Å². The molecule has 2 heteroatoms. The number of hydrogen-bond donors (Lipinski definition) is 1. The molecule has 0 heterocycles. The molecule has 0 radical (unpaired) electrons. The molecule has 0 aliphatic carbocycles. The molecule has 0 bridgehead atoms. The van der Waals surface area contributed by atoms with E-state index in [9.17, 15) is 5.26 Å². The third-order valence-electron chi connectivity index (χ3n) is 3.41. The van der Waals surface area contributed by atoms with Crippen molar-refractivity contribution in [1.29, 1.82) is 5.26 Å².